The predicted octanol–water partition coefficient (Wildman–Crippen LogP) is 0.566. The fourth-order valence-corrected chi connectivity index (χ4v) is 3.40. The number of aromatic nitrogens is 5. The second-order valence-corrected chi connectivity index (χ2v) is 6.74. The lowest BCUT2D eigenvalue weighted by molar-refractivity contribution is 0.454. The van der Waals surface area contributed by atoms with E-state index in [1.54, 1.807) is 35.2 Å². The normalized spacial score (nSPS) is 13.2. The number of aromatic amines is 2. The van der Waals surface area contributed by atoms with Gasteiger partial charge in [0.05, 0.1) is 16.8 Å². The number of nitrogens with one attached hydrogen (secondary N) is 2. The number of H-pyrrole nitrogens is 2. The molecule has 4 aromatic heterocycles. The van der Waals surface area contributed by atoms with Crippen LogP contribution in [0.5, 0.6) is 5.88 Å². The molecule has 0 saturated heterocycles. The van der Waals surface area contributed by atoms with Gasteiger partial charge in [0.1, 0.15) is 5.69 Å². The maximum atomic E-state index is 11.3. The van der Waals surface area contributed by atoms with Gasteiger partial charge in [-0.1, -0.05) is 0 Å². The molecule has 0 aliphatic rings. The molecular weight excluding hydrogens is 340 g/mol. The van der Waals surface area contributed by atoms with E-state index in [0.29, 0.717) is 16.4 Å². The van der Waals surface area contributed by atoms with Gasteiger partial charge in [-0.05, 0) is 25.1 Å². The van der Waals surface area contributed by atoms with Gasteiger partial charge < -0.3 is 10.1 Å². The monoisotopic (exact) mass is 354 g/mol. The summed E-state index contributed by atoms with van der Waals surface area (Å²) in [6.45, 7) is 2.04. The molecule has 0 amide bonds. The summed E-state index contributed by atoms with van der Waals surface area (Å²) in [5, 5.41) is 14.7. The SMILES string of the molecule is CN=c1cc(-c2ccc(C)s2)nc2/c(=C\c3[nH]c(=O)[nH]c3O)cnn12. The summed E-state index contributed by atoms with van der Waals surface area (Å²) in [4.78, 5) is 27.3. The van der Waals surface area contributed by atoms with Crippen molar-refractivity contribution in [3.8, 4) is 16.5 Å². The molecule has 0 fully saturated rings. The first-order valence-corrected chi connectivity index (χ1v) is 8.28. The zero-order valence-electron chi connectivity index (χ0n) is 13.4. The second-order valence-electron chi connectivity index (χ2n) is 5.45. The highest BCUT2D eigenvalue weighted by Crippen LogP contribution is 2.25. The maximum absolute atomic E-state index is 11.3. The Morgan fingerprint density at radius 3 is 2.84 bits per heavy atom. The Balaban J connectivity index is 2.01. The molecule has 8 nitrogen and oxygen atoms in total. The third-order valence-corrected chi connectivity index (χ3v) is 4.76. The van der Waals surface area contributed by atoms with Gasteiger partial charge in [0, 0.05) is 23.2 Å². The zero-order valence-corrected chi connectivity index (χ0v) is 14.3. The van der Waals surface area contributed by atoms with Crippen molar-refractivity contribution in [2.45, 2.75) is 6.92 Å². The van der Waals surface area contributed by atoms with Crippen LogP contribution in [0.15, 0.2) is 34.2 Å². The van der Waals surface area contributed by atoms with Crippen LogP contribution in [-0.2, 0) is 0 Å². The summed E-state index contributed by atoms with van der Waals surface area (Å²) in [7, 11) is 1.69. The van der Waals surface area contributed by atoms with Gasteiger partial charge in [-0.2, -0.15) is 9.61 Å². The van der Waals surface area contributed by atoms with Gasteiger partial charge >= 0.3 is 5.69 Å². The lowest BCUT2D eigenvalue weighted by Crippen LogP contribution is -2.18. The Hall–Kier alpha value is -3.20. The molecule has 0 radical (unpaired) electrons. The largest absolute Gasteiger partial charge is 0.493 e. The van der Waals surface area contributed by atoms with E-state index in [0.717, 1.165) is 10.6 Å². The van der Waals surface area contributed by atoms with E-state index in [1.807, 2.05) is 25.1 Å². The van der Waals surface area contributed by atoms with Crippen molar-refractivity contribution >= 4 is 23.1 Å². The van der Waals surface area contributed by atoms with Crippen LogP contribution < -0.4 is 16.4 Å². The number of rotatable bonds is 2. The number of hydrogen-bond donors (Lipinski definition) is 3. The number of aryl methyl sites for hydroxylation is 1. The number of nitrogens with zero attached hydrogens (tertiary/aromatic N) is 4. The van der Waals surface area contributed by atoms with E-state index in [1.165, 1.54) is 4.88 Å². The van der Waals surface area contributed by atoms with Crippen LogP contribution in [0.4, 0.5) is 0 Å². The van der Waals surface area contributed by atoms with E-state index < -0.39 is 5.69 Å². The highest BCUT2D eigenvalue weighted by molar-refractivity contribution is 7.15. The van der Waals surface area contributed by atoms with Crippen molar-refractivity contribution in [1.82, 2.24) is 24.6 Å². The summed E-state index contributed by atoms with van der Waals surface area (Å²) in [6.07, 6.45) is 3.23. The van der Waals surface area contributed by atoms with Crippen LogP contribution in [0.2, 0.25) is 0 Å². The first-order valence-electron chi connectivity index (χ1n) is 7.46. The van der Waals surface area contributed by atoms with Gasteiger partial charge in [-0.25, -0.2) is 9.78 Å². The fraction of sp³-hybridized carbons (Fsp3) is 0.125. The van der Waals surface area contributed by atoms with Gasteiger partial charge in [0.2, 0.25) is 5.88 Å². The van der Waals surface area contributed by atoms with Crippen LogP contribution in [0.1, 0.15) is 10.6 Å². The third-order valence-electron chi connectivity index (χ3n) is 3.74. The molecule has 9 heteroatoms. The third kappa shape index (κ3) is 2.64. The van der Waals surface area contributed by atoms with Crippen molar-refractivity contribution < 1.29 is 5.11 Å². The Bertz CT molecular complexity index is 1260. The van der Waals surface area contributed by atoms with Crippen LogP contribution in [-0.4, -0.2) is 36.7 Å². The Kier molecular flexibility index (Phi) is 3.50. The topological polar surface area (TPSA) is 111 Å². The molecular formula is C16H14N6O2S. The predicted molar refractivity (Wildman–Crippen MR) is 94.4 cm³/mol. The summed E-state index contributed by atoms with van der Waals surface area (Å²) in [6, 6.07) is 5.94. The van der Waals surface area contributed by atoms with Crippen molar-refractivity contribution in [1.29, 1.82) is 0 Å². The van der Waals surface area contributed by atoms with Crippen LogP contribution in [0, 0.1) is 6.92 Å². The van der Waals surface area contributed by atoms with Crippen molar-refractivity contribution in [3.05, 3.63) is 56.2 Å². The Morgan fingerprint density at radius 2 is 2.20 bits per heavy atom. The van der Waals surface area contributed by atoms with E-state index >= 15 is 0 Å². The molecule has 25 heavy (non-hydrogen) atoms. The van der Waals surface area contributed by atoms with Gasteiger partial charge in [-0.15, -0.1) is 11.3 Å². The molecule has 0 spiro atoms. The van der Waals surface area contributed by atoms with Crippen molar-refractivity contribution in [2.24, 2.45) is 4.99 Å². The standard InChI is InChI=1S/C16H14N6O2S/c1-8-3-4-12(25-8)10-6-13(17-2)22-14(19-10)9(7-18-22)5-11-15(23)21-16(24)20-11/h3-7,23H,1-2H3,(H2,20,21,24)/b9-5-,17-13?. The lowest BCUT2D eigenvalue weighted by Gasteiger charge is -1.99. The Labute approximate surface area is 144 Å². The van der Waals surface area contributed by atoms with Crippen molar-refractivity contribution in [2.75, 3.05) is 7.05 Å². The smallest absolute Gasteiger partial charge is 0.326 e. The molecule has 0 unspecified atom stereocenters. The number of hydrogen-bond acceptors (Lipinski definition) is 6. The summed E-state index contributed by atoms with van der Waals surface area (Å²) in [5.41, 5.74) is 1.84. The molecule has 4 rings (SSSR count). The molecule has 0 atom stereocenters. The number of thiophene rings is 1. The fourth-order valence-electron chi connectivity index (χ4n) is 2.57. The van der Waals surface area contributed by atoms with E-state index in [9.17, 15) is 9.90 Å². The minimum atomic E-state index is -0.479. The molecule has 3 N–H and O–H groups in total. The zero-order chi connectivity index (χ0) is 17.6. The summed E-state index contributed by atoms with van der Waals surface area (Å²) < 4.78 is 1.62. The Morgan fingerprint density at radius 1 is 1.36 bits per heavy atom. The molecule has 126 valence electrons. The van der Waals surface area contributed by atoms with Crippen molar-refractivity contribution in [3.63, 3.8) is 0 Å². The first-order chi connectivity index (χ1) is 12.0. The highest BCUT2D eigenvalue weighted by atomic mass is 32.1. The van der Waals surface area contributed by atoms with E-state index in [4.69, 9.17) is 4.98 Å². The molecule has 0 saturated carbocycles. The van der Waals surface area contributed by atoms with Crippen LogP contribution in [0.25, 0.3) is 22.3 Å². The van der Waals surface area contributed by atoms with E-state index in [2.05, 4.69) is 20.1 Å². The van der Waals surface area contributed by atoms with E-state index in [-0.39, 0.29) is 11.6 Å². The number of aromatic hydroxyl groups is 1. The molecule has 0 aromatic carbocycles. The highest BCUT2D eigenvalue weighted by Gasteiger charge is 2.09. The van der Waals surface area contributed by atoms with Gasteiger partial charge in [0.25, 0.3) is 0 Å². The molecule has 0 aliphatic heterocycles. The van der Waals surface area contributed by atoms with Crippen LogP contribution >= 0.6 is 11.3 Å². The summed E-state index contributed by atoms with van der Waals surface area (Å²) in [5.74, 6) is -0.227. The second kappa shape index (κ2) is 5.71. The molecule has 0 aliphatic carbocycles. The van der Waals surface area contributed by atoms with Gasteiger partial charge in [-0.3, -0.25) is 9.98 Å². The molecule has 0 bridgehead atoms. The van der Waals surface area contributed by atoms with Crippen LogP contribution in [0.3, 0.4) is 0 Å². The molecule has 4 heterocycles. The minimum absolute atomic E-state index is 0.227. The number of imidazole rings is 1. The average molecular weight is 354 g/mol. The first kappa shape index (κ1) is 15.3. The number of fused-ring (bicyclic) bond motifs is 1. The quantitative estimate of drug-likeness (QED) is 0.488. The average Bonchev–Trinajstić information content (AvgIpc) is 3.27. The van der Waals surface area contributed by atoms with Gasteiger partial charge in [0.15, 0.2) is 11.1 Å². The maximum Gasteiger partial charge on any atom is 0.326 e. The minimum Gasteiger partial charge on any atom is -0.493 e. The lowest BCUT2D eigenvalue weighted by atomic mass is 10.3. The summed E-state index contributed by atoms with van der Waals surface area (Å²) >= 11 is 1.65. The molecule has 4 aromatic rings.